The van der Waals surface area contributed by atoms with Crippen LogP contribution in [0.2, 0.25) is 0 Å². The molecule has 0 fully saturated rings. The van der Waals surface area contributed by atoms with Gasteiger partial charge in [-0.2, -0.15) is 0 Å². The number of carbonyl (C=O) groups is 2. The third kappa shape index (κ3) is 3.05. The molecule has 1 aromatic heterocycles. The van der Waals surface area contributed by atoms with Crippen molar-refractivity contribution >= 4 is 28.8 Å². The van der Waals surface area contributed by atoms with Gasteiger partial charge in [0.2, 0.25) is 11.8 Å². The molecular formula is C16H17N3O3S. The van der Waals surface area contributed by atoms with Crippen LogP contribution in [-0.2, 0) is 16.1 Å². The topological polar surface area (TPSA) is 71.5 Å². The molecule has 1 aliphatic heterocycles. The normalized spacial score (nSPS) is 16.4. The van der Waals surface area contributed by atoms with E-state index in [9.17, 15) is 9.59 Å². The number of thiazole rings is 1. The Hall–Kier alpha value is -2.41. The lowest BCUT2D eigenvalue weighted by atomic mass is 9.89. The van der Waals surface area contributed by atoms with Gasteiger partial charge in [-0.25, -0.2) is 4.98 Å². The summed E-state index contributed by atoms with van der Waals surface area (Å²) in [5, 5.41) is 4.71. The fourth-order valence-corrected chi connectivity index (χ4v) is 3.30. The molecule has 2 aromatic rings. The van der Waals surface area contributed by atoms with Crippen LogP contribution in [0, 0.1) is 0 Å². The Labute approximate surface area is 138 Å². The smallest absolute Gasteiger partial charge is 0.230 e. The molecule has 3 rings (SSSR count). The van der Waals surface area contributed by atoms with Gasteiger partial charge in [0.1, 0.15) is 5.75 Å². The van der Waals surface area contributed by atoms with Gasteiger partial charge in [-0.15, -0.1) is 11.3 Å². The first-order valence-electron chi connectivity index (χ1n) is 7.19. The molecule has 0 spiro atoms. The van der Waals surface area contributed by atoms with Crippen molar-refractivity contribution in [2.45, 2.75) is 18.9 Å². The van der Waals surface area contributed by atoms with E-state index < -0.39 is 5.92 Å². The molecule has 0 unspecified atom stereocenters. The van der Waals surface area contributed by atoms with Crippen molar-refractivity contribution in [3.05, 3.63) is 40.3 Å². The SMILES string of the molecule is COc1cccc2c1NC(=O)C[C@H]2C(=O)N(C)Cc1cscn1. The monoisotopic (exact) mass is 331 g/mol. The first kappa shape index (κ1) is 15.5. The number of anilines is 1. The van der Waals surface area contributed by atoms with Crippen LogP contribution in [0.5, 0.6) is 5.75 Å². The van der Waals surface area contributed by atoms with Crippen molar-refractivity contribution in [3.8, 4) is 5.75 Å². The summed E-state index contributed by atoms with van der Waals surface area (Å²) in [6, 6.07) is 5.46. The highest BCUT2D eigenvalue weighted by atomic mass is 32.1. The number of benzene rings is 1. The molecule has 0 bridgehead atoms. The molecule has 0 saturated heterocycles. The summed E-state index contributed by atoms with van der Waals surface area (Å²) in [6.45, 7) is 0.430. The van der Waals surface area contributed by atoms with Crippen LogP contribution in [0.3, 0.4) is 0 Å². The summed E-state index contributed by atoms with van der Waals surface area (Å²) in [6.07, 6.45) is 0.139. The van der Waals surface area contributed by atoms with Crippen molar-refractivity contribution in [3.63, 3.8) is 0 Å². The number of hydrogen-bond donors (Lipinski definition) is 1. The largest absolute Gasteiger partial charge is 0.495 e. The predicted octanol–water partition coefficient (Wildman–Crippen LogP) is 2.24. The summed E-state index contributed by atoms with van der Waals surface area (Å²) in [7, 11) is 3.27. The molecule has 2 amide bonds. The molecule has 6 nitrogen and oxygen atoms in total. The maximum Gasteiger partial charge on any atom is 0.230 e. The minimum atomic E-state index is -0.502. The van der Waals surface area contributed by atoms with Gasteiger partial charge in [-0.05, 0) is 11.6 Å². The number of methoxy groups -OCH3 is 1. The van der Waals surface area contributed by atoms with E-state index in [1.807, 2.05) is 17.5 Å². The molecule has 120 valence electrons. The minimum Gasteiger partial charge on any atom is -0.495 e. The first-order chi connectivity index (χ1) is 11.1. The second-order valence-corrected chi connectivity index (χ2v) is 6.12. The minimum absolute atomic E-state index is 0.0950. The van der Waals surface area contributed by atoms with Crippen molar-refractivity contribution in [1.29, 1.82) is 0 Å². The van der Waals surface area contributed by atoms with Crippen LogP contribution >= 0.6 is 11.3 Å². The van der Waals surface area contributed by atoms with E-state index in [2.05, 4.69) is 10.3 Å². The maximum absolute atomic E-state index is 12.8. The standard InChI is InChI=1S/C16H17N3O3S/c1-19(7-10-8-23-9-17-10)16(21)12-6-14(20)18-15-11(12)4-3-5-13(15)22-2/h3-5,8-9,12H,6-7H2,1-2H3,(H,18,20)/t12-/m1/s1. The average molecular weight is 331 g/mol. The second-order valence-electron chi connectivity index (χ2n) is 5.40. The Morgan fingerprint density at radius 2 is 2.35 bits per heavy atom. The molecule has 0 aliphatic carbocycles. The average Bonchev–Trinajstić information content (AvgIpc) is 3.05. The molecule has 2 heterocycles. The number of likely N-dealkylation sites (N-methyl/N-ethyl adjacent to an activating group) is 1. The number of ether oxygens (including phenoxy) is 1. The van der Waals surface area contributed by atoms with Gasteiger partial charge in [-0.3, -0.25) is 9.59 Å². The van der Waals surface area contributed by atoms with Crippen LogP contribution in [0.25, 0.3) is 0 Å². The summed E-state index contributed by atoms with van der Waals surface area (Å²) < 4.78 is 5.29. The fraction of sp³-hybridized carbons (Fsp3) is 0.312. The highest BCUT2D eigenvalue weighted by Gasteiger charge is 2.34. The molecule has 1 aromatic carbocycles. The number of carbonyl (C=O) groups excluding carboxylic acids is 2. The Morgan fingerprint density at radius 3 is 3.04 bits per heavy atom. The van der Waals surface area contributed by atoms with E-state index in [0.29, 0.717) is 18.0 Å². The van der Waals surface area contributed by atoms with Crippen LogP contribution in [-0.4, -0.2) is 35.9 Å². The third-order valence-electron chi connectivity index (χ3n) is 3.86. The molecule has 1 aliphatic rings. The van der Waals surface area contributed by atoms with Crippen LogP contribution in [0.15, 0.2) is 29.1 Å². The molecule has 0 radical (unpaired) electrons. The highest BCUT2D eigenvalue weighted by Crippen LogP contribution is 2.39. The Morgan fingerprint density at radius 1 is 1.52 bits per heavy atom. The number of aromatic nitrogens is 1. The third-order valence-corrected chi connectivity index (χ3v) is 4.50. The van der Waals surface area contributed by atoms with Crippen molar-refractivity contribution in [1.82, 2.24) is 9.88 Å². The number of rotatable bonds is 4. The lowest BCUT2D eigenvalue weighted by Gasteiger charge is -2.29. The lowest BCUT2D eigenvalue weighted by Crippen LogP contribution is -2.36. The van der Waals surface area contributed by atoms with Gasteiger partial charge in [-0.1, -0.05) is 12.1 Å². The van der Waals surface area contributed by atoms with E-state index in [4.69, 9.17) is 4.74 Å². The Kier molecular flexibility index (Phi) is 4.29. The quantitative estimate of drug-likeness (QED) is 0.932. The number of fused-ring (bicyclic) bond motifs is 1. The number of amides is 2. The van der Waals surface area contributed by atoms with Gasteiger partial charge in [0, 0.05) is 18.8 Å². The fourth-order valence-electron chi connectivity index (χ4n) is 2.75. The van der Waals surface area contributed by atoms with Gasteiger partial charge < -0.3 is 15.0 Å². The van der Waals surface area contributed by atoms with Crippen molar-refractivity contribution in [2.75, 3.05) is 19.5 Å². The highest BCUT2D eigenvalue weighted by molar-refractivity contribution is 7.07. The maximum atomic E-state index is 12.8. The zero-order valence-corrected chi connectivity index (χ0v) is 13.7. The summed E-state index contributed by atoms with van der Waals surface area (Å²) >= 11 is 1.49. The van der Waals surface area contributed by atoms with E-state index in [1.165, 1.54) is 11.3 Å². The van der Waals surface area contributed by atoms with Gasteiger partial charge in [0.15, 0.2) is 0 Å². The van der Waals surface area contributed by atoms with Crippen LogP contribution in [0.1, 0.15) is 23.6 Å². The molecule has 1 atom stereocenters. The van der Waals surface area contributed by atoms with Crippen molar-refractivity contribution < 1.29 is 14.3 Å². The molecule has 0 saturated carbocycles. The van der Waals surface area contributed by atoms with E-state index in [0.717, 1.165) is 11.3 Å². The molecule has 23 heavy (non-hydrogen) atoms. The molecule has 1 N–H and O–H groups in total. The van der Waals surface area contributed by atoms with Gasteiger partial charge in [0.25, 0.3) is 0 Å². The number of nitrogens with one attached hydrogen (secondary N) is 1. The Bertz CT molecular complexity index is 730. The Balaban J connectivity index is 1.88. The lowest BCUT2D eigenvalue weighted by molar-refractivity contribution is -0.134. The summed E-state index contributed by atoms with van der Waals surface area (Å²) in [5.74, 6) is -0.210. The predicted molar refractivity (Wildman–Crippen MR) is 87.6 cm³/mol. The van der Waals surface area contributed by atoms with Crippen molar-refractivity contribution in [2.24, 2.45) is 0 Å². The zero-order valence-electron chi connectivity index (χ0n) is 12.9. The van der Waals surface area contributed by atoms with Crippen LogP contribution in [0.4, 0.5) is 5.69 Å². The summed E-state index contributed by atoms with van der Waals surface area (Å²) in [4.78, 5) is 30.6. The number of para-hydroxylation sites is 1. The number of nitrogens with zero attached hydrogens (tertiary/aromatic N) is 2. The van der Waals surface area contributed by atoms with Gasteiger partial charge >= 0.3 is 0 Å². The van der Waals surface area contributed by atoms with E-state index in [-0.39, 0.29) is 18.2 Å². The molecular weight excluding hydrogens is 314 g/mol. The first-order valence-corrected chi connectivity index (χ1v) is 8.13. The van der Waals surface area contributed by atoms with Gasteiger partial charge in [0.05, 0.1) is 36.5 Å². The zero-order chi connectivity index (χ0) is 16.4. The van der Waals surface area contributed by atoms with Crippen LogP contribution < -0.4 is 10.1 Å². The summed E-state index contributed by atoms with van der Waals surface area (Å²) in [5.41, 5.74) is 3.96. The molecule has 7 heteroatoms. The number of hydrogen-bond acceptors (Lipinski definition) is 5. The van der Waals surface area contributed by atoms with E-state index >= 15 is 0 Å². The van der Waals surface area contributed by atoms with E-state index in [1.54, 1.807) is 30.6 Å². The second kappa shape index (κ2) is 6.37.